The van der Waals surface area contributed by atoms with Crippen molar-refractivity contribution < 1.29 is 4.79 Å². The number of benzene rings is 1. The molecule has 0 aliphatic carbocycles. The van der Waals surface area contributed by atoms with Crippen LogP contribution in [0.2, 0.25) is 19.6 Å². The number of likely N-dealkylation sites (tertiary alicyclic amines) is 1. The molecule has 1 aromatic rings. The van der Waals surface area contributed by atoms with E-state index in [2.05, 4.69) is 49.2 Å². The van der Waals surface area contributed by atoms with E-state index in [0.29, 0.717) is 0 Å². The first-order valence-electron chi connectivity index (χ1n) is 7.99. The monoisotopic (exact) mass is 304 g/mol. The molecule has 1 fully saturated rings. The van der Waals surface area contributed by atoms with Crippen molar-refractivity contribution in [3.05, 3.63) is 29.8 Å². The molecule has 1 saturated heterocycles. The third-order valence-corrected chi connectivity index (χ3v) is 6.29. The van der Waals surface area contributed by atoms with Crippen LogP contribution in [0, 0.1) is 0 Å². The molecule has 0 bridgehead atoms. The van der Waals surface area contributed by atoms with Gasteiger partial charge in [-0.3, -0.25) is 4.79 Å². The van der Waals surface area contributed by atoms with E-state index in [1.807, 2.05) is 11.8 Å². The summed E-state index contributed by atoms with van der Waals surface area (Å²) in [6.07, 6.45) is 2.30. The van der Waals surface area contributed by atoms with Crippen LogP contribution >= 0.6 is 0 Å². The predicted molar refractivity (Wildman–Crippen MR) is 91.5 cm³/mol. The van der Waals surface area contributed by atoms with Crippen molar-refractivity contribution in [1.82, 2.24) is 10.2 Å². The van der Waals surface area contributed by atoms with Crippen LogP contribution in [-0.2, 0) is 11.3 Å². The van der Waals surface area contributed by atoms with Crippen LogP contribution in [0.4, 0.5) is 0 Å². The number of amides is 1. The van der Waals surface area contributed by atoms with Crippen LogP contribution < -0.4 is 10.5 Å². The minimum absolute atomic E-state index is 0.0974. The maximum Gasteiger partial charge on any atom is 0.239 e. The van der Waals surface area contributed by atoms with Crippen molar-refractivity contribution in [2.24, 2.45) is 0 Å². The molecule has 21 heavy (non-hydrogen) atoms. The average Bonchev–Trinajstić information content (AvgIpc) is 2.97. The molecule has 4 heteroatoms. The van der Waals surface area contributed by atoms with Crippen molar-refractivity contribution in [2.45, 2.75) is 52.0 Å². The van der Waals surface area contributed by atoms with Crippen LogP contribution in [0.1, 0.15) is 25.3 Å². The van der Waals surface area contributed by atoms with Crippen molar-refractivity contribution in [3.8, 4) is 0 Å². The predicted octanol–water partition coefficient (Wildman–Crippen LogP) is 2.33. The summed E-state index contributed by atoms with van der Waals surface area (Å²) in [5, 5.41) is 4.83. The molecule has 1 atom stereocenters. The molecule has 1 amide bonds. The Hall–Kier alpha value is -1.13. The zero-order valence-corrected chi connectivity index (χ0v) is 14.8. The molecule has 2 rings (SSSR count). The van der Waals surface area contributed by atoms with E-state index in [1.165, 1.54) is 10.8 Å². The van der Waals surface area contributed by atoms with E-state index in [1.54, 1.807) is 0 Å². The molecular weight excluding hydrogens is 276 g/mol. The number of rotatable bonds is 5. The van der Waals surface area contributed by atoms with Crippen LogP contribution in [0.25, 0.3) is 0 Å². The van der Waals surface area contributed by atoms with Crippen molar-refractivity contribution in [1.29, 1.82) is 0 Å². The summed E-state index contributed by atoms with van der Waals surface area (Å²) in [4.78, 5) is 14.2. The van der Waals surface area contributed by atoms with Crippen LogP contribution in [0.15, 0.2) is 24.3 Å². The van der Waals surface area contributed by atoms with Gasteiger partial charge >= 0.3 is 0 Å². The van der Waals surface area contributed by atoms with Gasteiger partial charge in [-0.05, 0) is 25.3 Å². The molecule has 0 aromatic heterocycles. The molecule has 0 saturated carbocycles. The van der Waals surface area contributed by atoms with Gasteiger partial charge in [0.15, 0.2) is 0 Å². The minimum Gasteiger partial charge on any atom is -0.341 e. The van der Waals surface area contributed by atoms with Crippen molar-refractivity contribution in [2.75, 3.05) is 13.1 Å². The summed E-state index contributed by atoms with van der Waals surface area (Å²) in [5.41, 5.74) is 1.25. The summed E-state index contributed by atoms with van der Waals surface area (Å²) < 4.78 is 0. The van der Waals surface area contributed by atoms with Gasteiger partial charge < -0.3 is 10.2 Å². The highest BCUT2D eigenvalue weighted by atomic mass is 28.3. The maximum absolute atomic E-state index is 12.2. The Bertz CT molecular complexity index is 473. The standard InChI is InChI=1S/C17H28N2OSi/c1-14(17(20)19-11-5-6-12-19)18-13-15-7-9-16(10-8-15)21(2,3)4/h7-10,14,18H,5-6,11-13H2,1-4H3. The Labute approximate surface area is 129 Å². The zero-order chi connectivity index (χ0) is 15.5. The highest BCUT2D eigenvalue weighted by Gasteiger charge is 2.22. The highest BCUT2D eigenvalue weighted by Crippen LogP contribution is 2.09. The number of hydrogen-bond donors (Lipinski definition) is 1. The lowest BCUT2D eigenvalue weighted by atomic mass is 10.2. The molecule has 0 spiro atoms. The Balaban J connectivity index is 1.86. The summed E-state index contributed by atoms with van der Waals surface area (Å²) in [6.45, 7) is 11.7. The molecule has 116 valence electrons. The average molecular weight is 305 g/mol. The Morgan fingerprint density at radius 3 is 2.29 bits per heavy atom. The SMILES string of the molecule is CC(NCc1ccc([Si](C)(C)C)cc1)C(=O)N1CCCC1. The molecule has 1 aliphatic rings. The summed E-state index contributed by atoms with van der Waals surface area (Å²) in [5.74, 6) is 0.242. The maximum atomic E-state index is 12.2. The first kappa shape index (κ1) is 16.2. The van der Waals surface area contributed by atoms with E-state index in [9.17, 15) is 4.79 Å². The molecule has 0 radical (unpaired) electrons. The Morgan fingerprint density at radius 2 is 1.76 bits per heavy atom. The van der Waals surface area contributed by atoms with E-state index >= 15 is 0 Å². The number of carbonyl (C=O) groups is 1. The van der Waals surface area contributed by atoms with Crippen LogP contribution in [-0.4, -0.2) is 38.0 Å². The number of nitrogens with one attached hydrogen (secondary N) is 1. The summed E-state index contributed by atoms with van der Waals surface area (Å²) >= 11 is 0. The molecular formula is C17H28N2OSi. The molecule has 1 heterocycles. The fraction of sp³-hybridized carbons (Fsp3) is 0.588. The van der Waals surface area contributed by atoms with Gasteiger partial charge in [-0.15, -0.1) is 0 Å². The van der Waals surface area contributed by atoms with Gasteiger partial charge in [-0.2, -0.15) is 0 Å². The summed E-state index contributed by atoms with van der Waals surface area (Å²) in [7, 11) is -1.22. The van der Waals surface area contributed by atoms with Crippen LogP contribution in [0.5, 0.6) is 0 Å². The van der Waals surface area contributed by atoms with E-state index in [4.69, 9.17) is 0 Å². The summed E-state index contributed by atoms with van der Waals surface area (Å²) in [6, 6.07) is 8.77. The lowest BCUT2D eigenvalue weighted by Gasteiger charge is -2.21. The van der Waals surface area contributed by atoms with Gasteiger partial charge in [0, 0.05) is 19.6 Å². The van der Waals surface area contributed by atoms with E-state index in [-0.39, 0.29) is 11.9 Å². The number of nitrogens with zero attached hydrogens (tertiary/aromatic N) is 1. The molecule has 1 aromatic carbocycles. The first-order chi connectivity index (χ1) is 9.88. The van der Waals surface area contributed by atoms with E-state index in [0.717, 1.165) is 32.5 Å². The fourth-order valence-corrected chi connectivity index (χ4v) is 3.86. The first-order valence-corrected chi connectivity index (χ1v) is 11.5. The second kappa shape index (κ2) is 6.75. The molecule has 1 unspecified atom stereocenters. The number of hydrogen-bond acceptors (Lipinski definition) is 2. The van der Waals surface area contributed by atoms with Crippen LogP contribution in [0.3, 0.4) is 0 Å². The quantitative estimate of drug-likeness (QED) is 0.847. The van der Waals surface area contributed by atoms with Gasteiger partial charge in [0.1, 0.15) is 0 Å². The lowest BCUT2D eigenvalue weighted by molar-refractivity contribution is -0.131. The Kier molecular flexibility index (Phi) is 5.22. The Morgan fingerprint density at radius 1 is 1.19 bits per heavy atom. The largest absolute Gasteiger partial charge is 0.341 e. The topological polar surface area (TPSA) is 32.3 Å². The second-order valence-electron chi connectivity index (χ2n) is 7.08. The fourth-order valence-electron chi connectivity index (χ4n) is 2.69. The van der Waals surface area contributed by atoms with Gasteiger partial charge in [0.05, 0.1) is 14.1 Å². The zero-order valence-electron chi connectivity index (χ0n) is 13.8. The van der Waals surface area contributed by atoms with Crippen molar-refractivity contribution >= 4 is 19.2 Å². The van der Waals surface area contributed by atoms with Gasteiger partial charge in [-0.25, -0.2) is 0 Å². The van der Waals surface area contributed by atoms with E-state index < -0.39 is 8.07 Å². The lowest BCUT2D eigenvalue weighted by Crippen LogP contribution is -2.43. The third kappa shape index (κ3) is 4.42. The normalized spacial score (nSPS) is 17.0. The molecule has 1 N–H and O–H groups in total. The minimum atomic E-state index is -1.22. The second-order valence-corrected chi connectivity index (χ2v) is 12.2. The van der Waals surface area contributed by atoms with Gasteiger partial charge in [0.2, 0.25) is 5.91 Å². The third-order valence-electron chi connectivity index (χ3n) is 4.22. The molecule has 3 nitrogen and oxygen atoms in total. The smallest absolute Gasteiger partial charge is 0.239 e. The molecule has 1 aliphatic heterocycles. The highest BCUT2D eigenvalue weighted by molar-refractivity contribution is 6.88. The van der Waals surface area contributed by atoms with Crippen molar-refractivity contribution in [3.63, 3.8) is 0 Å². The van der Waals surface area contributed by atoms with Gasteiger partial charge in [-0.1, -0.05) is 49.1 Å². The number of carbonyl (C=O) groups excluding carboxylic acids is 1. The van der Waals surface area contributed by atoms with Gasteiger partial charge in [0.25, 0.3) is 0 Å².